The average molecular weight is 311 g/mol. The van der Waals surface area contributed by atoms with E-state index in [1.54, 1.807) is 6.07 Å². The summed E-state index contributed by atoms with van der Waals surface area (Å²) in [6, 6.07) is 9.39. The van der Waals surface area contributed by atoms with Crippen LogP contribution < -0.4 is 4.74 Å². The van der Waals surface area contributed by atoms with Crippen LogP contribution in [0.3, 0.4) is 0 Å². The van der Waals surface area contributed by atoms with Gasteiger partial charge in [0.25, 0.3) is 0 Å². The van der Waals surface area contributed by atoms with Crippen LogP contribution in [0.15, 0.2) is 24.3 Å². The van der Waals surface area contributed by atoms with Gasteiger partial charge in [-0.2, -0.15) is 5.26 Å². The molecule has 1 aliphatic rings. The SMILES string of the molecule is Cl.N#Cc1ccccc1OCCOCCN1CCCCC1. The molecule has 2 rings (SSSR count). The van der Waals surface area contributed by atoms with Crippen molar-refractivity contribution in [1.82, 2.24) is 4.90 Å². The van der Waals surface area contributed by atoms with Gasteiger partial charge in [-0.1, -0.05) is 18.6 Å². The Morgan fingerprint density at radius 1 is 1.05 bits per heavy atom. The molecule has 0 amide bonds. The Hall–Kier alpha value is -1.28. The second-order valence-corrected chi connectivity index (χ2v) is 4.97. The van der Waals surface area contributed by atoms with Crippen LogP contribution in [0.25, 0.3) is 0 Å². The monoisotopic (exact) mass is 310 g/mol. The highest BCUT2D eigenvalue weighted by atomic mass is 35.5. The van der Waals surface area contributed by atoms with Crippen molar-refractivity contribution in [3.8, 4) is 11.8 Å². The highest BCUT2D eigenvalue weighted by molar-refractivity contribution is 5.85. The molecule has 1 heterocycles. The van der Waals surface area contributed by atoms with E-state index in [-0.39, 0.29) is 12.4 Å². The largest absolute Gasteiger partial charge is 0.490 e. The molecule has 0 aliphatic carbocycles. The molecule has 1 aliphatic heterocycles. The minimum Gasteiger partial charge on any atom is -0.490 e. The van der Waals surface area contributed by atoms with E-state index in [2.05, 4.69) is 11.0 Å². The van der Waals surface area contributed by atoms with E-state index >= 15 is 0 Å². The minimum atomic E-state index is 0. The highest BCUT2D eigenvalue weighted by Gasteiger charge is 2.09. The van der Waals surface area contributed by atoms with E-state index < -0.39 is 0 Å². The van der Waals surface area contributed by atoms with Gasteiger partial charge in [-0.3, -0.25) is 0 Å². The molecule has 0 bridgehead atoms. The third-order valence-corrected chi connectivity index (χ3v) is 3.49. The third kappa shape index (κ3) is 6.34. The molecule has 0 atom stereocenters. The minimum absolute atomic E-state index is 0. The van der Waals surface area contributed by atoms with Crippen LogP contribution in [0, 0.1) is 11.3 Å². The van der Waals surface area contributed by atoms with Crippen LogP contribution >= 0.6 is 12.4 Å². The molecule has 0 radical (unpaired) electrons. The summed E-state index contributed by atoms with van der Waals surface area (Å²) < 4.78 is 11.1. The average Bonchev–Trinajstić information content (AvgIpc) is 2.52. The van der Waals surface area contributed by atoms with Crippen LogP contribution in [0.1, 0.15) is 24.8 Å². The number of halogens is 1. The zero-order valence-corrected chi connectivity index (χ0v) is 13.1. The fraction of sp³-hybridized carbons (Fsp3) is 0.562. The first-order valence-electron chi connectivity index (χ1n) is 7.32. The van der Waals surface area contributed by atoms with E-state index in [9.17, 15) is 0 Å². The summed E-state index contributed by atoms with van der Waals surface area (Å²) in [7, 11) is 0. The number of nitrogens with zero attached hydrogens (tertiary/aromatic N) is 2. The normalized spacial score (nSPS) is 15.0. The van der Waals surface area contributed by atoms with Crippen molar-refractivity contribution in [2.24, 2.45) is 0 Å². The molecule has 0 aromatic heterocycles. The Morgan fingerprint density at radius 3 is 2.57 bits per heavy atom. The van der Waals surface area contributed by atoms with Crippen molar-refractivity contribution >= 4 is 12.4 Å². The zero-order chi connectivity index (χ0) is 14.0. The lowest BCUT2D eigenvalue weighted by Crippen LogP contribution is -2.32. The third-order valence-electron chi connectivity index (χ3n) is 3.49. The predicted octanol–water partition coefficient (Wildman–Crippen LogP) is 2.86. The van der Waals surface area contributed by atoms with Crippen LogP contribution in [-0.2, 0) is 4.74 Å². The van der Waals surface area contributed by atoms with Crippen LogP contribution in [0.5, 0.6) is 5.75 Å². The lowest BCUT2D eigenvalue weighted by Gasteiger charge is -2.26. The highest BCUT2D eigenvalue weighted by Crippen LogP contribution is 2.16. The topological polar surface area (TPSA) is 45.5 Å². The number of piperidine rings is 1. The number of likely N-dealkylation sites (tertiary alicyclic amines) is 1. The molecule has 0 unspecified atom stereocenters. The molecule has 5 heteroatoms. The number of para-hydroxylation sites is 1. The molecule has 0 spiro atoms. The summed E-state index contributed by atoms with van der Waals surface area (Å²) >= 11 is 0. The fourth-order valence-electron chi connectivity index (χ4n) is 2.37. The number of rotatable bonds is 7. The summed E-state index contributed by atoms with van der Waals surface area (Å²) in [4.78, 5) is 2.45. The molecule has 1 saturated heterocycles. The van der Waals surface area contributed by atoms with Gasteiger partial charge in [0.15, 0.2) is 0 Å². The zero-order valence-electron chi connectivity index (χ0n) is 12.3. The number of hydrogen-bond donors (Lipinski definition) is 0. The van der Waals surface area contributed by atoms with Crippen molar-refractivity contribution in [3.63, 3.8) is 0 Å². The quantitative estimate of drug-likeness (QED) is 0.727. The summed E-state index contributed by atoms with van der Waals surface area (Å²) in [6.07, 6.45) is 3.99. The van der Waals surface area contributed by atoms with E-state index in [0.29, 0.717) is 24.5 Å². The fourth-order valence-corrected chi connectivity index (χ4v) is 2.37. The van der Waals surface area contributed by atoms with Gasteiger partial charge >= 0.3 is 0 Å². The van der Waals surface area contributed by atoms with Crippen LogP contribution in [0.4, 0.5) is 0 Å². The van der Waals surface area contributed by atoms with Gasteiger partial charge in [-0.15, -0.1) is 12.4 Å². The van der Waals surface area contributed by atoms with Crippen LogP contribution in [0.2, 0.25) is 0 Å². The maximum Gasteiger partial charge on any atom is 0.137 e. The molecular formula is C16H23ClN2O2. The summed E-state index contributed by atoms with van der Waals surface area (Å²) in [5, 5.41) is 8.94. The van der Waals surface area contributed by atoms with Gasteiger partial charge in [0.05, 0.1) is 18.8 Å². The van der Waals surface area contributed by atoms with Crippen molar-refractivity contribution < 1.29 is 9.47 Å². The van der Waals surface area contributed by atoms with Gasteiger partial charge in [0.1, 0.15) is 18.4 Å². The lowest BCUT2D eigenvalue weighted by atomic mass is 10.1. The number of nitriles is 1. The van der Waals surface area contributed by atoms with Crippen molar-refractivity contribution in [3.05, 3.63) is 29.8 Å². The van der Waals surface area contributed by atoms with Crippen molar-refractivity contribution in [2.45, 2.75) is 19.3 Å². The molecule has 4 nitrogen and oxygen atoms in total. The predicted molar refractivity (Wildman–Crippen MR) is 85.0 cm³/mol. The van der Waals surface area contributed by atoms with E-state index in [4.69, 9.17) is 14.7 Å². The molecule has 0 N–H and O–H groups in total. The van der Waals surface area contributed by atoms with E-state index in [1.165, 1.54) is 32.4 Å². The lowest BCUT2D eigenvalue weighted by molar-refractivity contribution is 0.0750. The molecular weight excluding hydrogens is 288 g/mol. The number of ether oxygens (including phenoxy) is 2. The summed E-state index contributed by atoms with van der Waals surface area (Å²) in [5.74, 6) is 0.634. The second kappa shape index (κ2) is 10.4. The maximum absolute atomic E-state index is 8.94. The summed E-state index contributed by atoms with van der Waals surface area (Å²) in [5.41, 5.74) is 0.570. The molecule has 1 fully saturated rings. The Labute approximate surface area is 133 Å². The molecule has 1 aromatic rings. The number of benzene rings is 1. The molecule has 1 aromatic carbocycles. The van der Waals surface area contributed by atoms with Gasteiger partial charge in [-0.25, -0.2) is 0 Å². The van der Waals surface area contributed by atoms with Crippen LogP contribution in [-0.4, -0.2) is 44.4 Å². The number of hydrogen-bond acceptors (Lipinski definition) is 4. The van der Waals surface area contributed by atoms with Crippen molar-refractivity contribution in [1.29, 1.82) is 5.26 Å². The summed E-state index contributed by atoms with van der Waals surface area (Å²) in [6.45, 7) is 5.22. The van der Waals surface area contributed by atoms with Crippen molar-refractivity contribution in [2.75, 3.05) is 39.5 Å². The Balaban J connectivity index is 0.00000220. The first-order chi connectivity index (χ1) is 9.90. The Bertz CT molecular complexity index is 442. The van der Waals surface area contributed by atoms with E-state index in [0.717, 1.165) is 13.2 Å². The van der Waals surface area contributed by atoms with Gasteiger partial charge < -0.3 is 14.4 Å². The van der Waals surface area contributed by atoms with Gasteiger partial charge in [0, 0.05) is 6.54 Å². The van der Waals surface area contributed by atoms with E-state index in [1.807, 2.05) is 18.2 Å². The van der Waals surface area contributed by atoms with Gasteiger partial charge in [-0.05, 0) is 38.1 Å². The Morgan fingerprint density at radius 2 is 1.81 bits per heavy atom. The molecule has 116 valence electrons. The molecule has 0 saturated carbocycles. The molecule has 21 heavy (non-hydrogen) atoms. The first kappa shape index (κ1) is 17.8. The Kier molecular flexibility index (Phi) is 8.84. The second-order valence-electron chi connectivity index (χ2n) is 4.97. The first-order valence-corrected chi connectivity index (χ1v) is 7.32. The standard InChI is InChI=1S/C16H22N2O2.ClH/c17-14-15-6-2-3-7-16(15)20-13-12-19-11-10-18-8-4-1-5-9-18;/h2-3,6-7H,1,4-5,8-13H2;1H. The maximum atomic E-state index is 8.94. The van der Waals surface area contributed by atoms with Gasteiger partial charge in [0.2, 0.25) is 0 Å². The smallest absolute Gasteiger partial charge is 0.137 e.